The molecule has 0 unspecified atom stereocenters. The largest absolute Gasteiger partial charge is 0.416 e. The minimum absolute atomic E-state index is 0.0143. The summed E-state index contributed by atoms with van der Waals surface area (Å²) in [6.45, 7) is 1.53. The van der Waals surface area contributed by atoms with Gasteiger partial charge in [0.15, 0.2) is 15.6 Å². The molecule has 0 spiro atoms. The lowest BCUT2D eigenvalue weighted by Crippen LogP contribution is -2.59. The summed E-state index contributed by atoms with van der Waals surface area (Å²) in [6.07, 6.45) is -3.59. The smallest absolute Gasteiger partial charge is 0.370 e. The van der Waals surface area contributed by atoms with Crippen LogP contribution < -0.4 is 0 Å². The van der Waals surface area contributed by atoms with E-state index in [-0.39, 0.29) is 60.1 Å². The van der Waals surface area contributed by atoms with E-state index in [1.54, 1.807) is 9.80 Å². The molecule has 1 aromatic carbocycles. The van der Waals surface area contributed by atoms with Gasteiger partial charge in [0.25, 0.3) is 0 Å². The average molecular weight is 495 g/mol. The Morgan fingerprint density at radius 3 is 2.56 bits per heavy atom. The minimum atomic E-state index is -4.62. The summed E-state index contributed by atoms with van der Waals surface area (Å²) < 4.78 is 69.2. The number of urea groups is 1. The number of amides is 2. The van der Waals surface area contributed by atoms with Crippen molar-refractivity contribution in [1.29, 1.82) is 0 Å². The minimum Gasteiger partial charge on any atom is -0.370 e. The van der Waals surface area contributed by atoms with E-state index >= 15 is 0 Å². The van der Waals surface area contributed by atoms with Crippen molar-refractivity contribution in [2.24, 2.45) is 11.8 Å². The molecule has 0 N–H and O–H groups in total. The summed E-state index contributed by atoms with van der Waals surface area (Å²) in [5.41, 5.74) is -1.02. The van der Waals surface area contributed by atoms with Crippen LogP contribution in [0.4, 0.5) is 18.0 Å². The molecule has 176 valence electrons. The van der Waals surface area contributed by atoms with Crippen molar-refractivity contribution in [2.45, 2.75) is 30.0 Å². The van der Waals surface area contributed by atoms with Gasteiger partial charge in [-0.2, -0.15) is 13.2 Å². The highest BCUT2D eigenvalue weighted by molar-refractivity contribution is 7.91. The molecular formula is C20H22ClF3N2O5S. The first-order valence-electron chi connectivity index (χ1n) is 10.2. The summed E-state index contributed by atoms with van der Waals surface area (Å²) >= 11 is 5.83. The number of carbonyl (C=O) groups excluding carboxylic acids is 2. The van der Waals surface area contributed by atoms with Gasteiger partial charge < -0.3 is 14.5 Å². The number of sulfone groups is 1. The second-order valence-electron chi connectivity index (χ2n) is 8.56. The standard InChI is InChI=1S/C20H22ClF3N2O5S/c21-16-6-14(20(22,23)24)1-2-18(16)32(29,30)11-12-7-26(8-12)19(28)25-4-3-17-13(9-25)5-15(27)10-31-17/h1-2,6,12-13,17H,3-5,7-11H2/t13-,17+/m1/s1. The zero-order valence-electron chi connectivity index (χ0n) is 17.0. The number of ether oxygens (including phenoxy) is 1. The van der Waals surface area contributed by atoms with E-state index in [9.17, 15) is 31.2 Å². The maximum absolute atomic E-state index is 12.8. The number of piperidine rings is 1. The molecule has 2 amide bonds. The molecule has 3 heterocycles. The molecule has 7 nitrogen and oxygen atoms in total. The lowest BCUT2D eigenvalue weighted by molar-refractivity contribution is -0.140. The molecule has 4 rings (SSSR count). The number of rotatable bonds is 3. The molecule has 3 saturated heterocycles. The Hall–Kier alpha value is -1.85. The van der Waals surface area contributed by atoms with E-state index in [0.29, 0.717) is 38.1 Å². The Morgan fingerprint density at radius 2 is 1.91 bits per heavy atom. The third-order valence-corrected chi connectivity index (χ3v) is 8.52. The second kappa shape index (κ2) is 8.49. The highest BCUT2D eigenvalue weighted by Crippen LogP contribution is 2.35. The van der Waals surface area contributed by atoms with E-state index in [4.69, 9.17) is 16.3 Å². The lowest BCUT2D eigenvalue weighted by Gasteiger charge is -2.46. The van der Waals surface area contributed by atoms with Crippen LogP contribution in [0, 0.1) is 11.8 Å². The van der Waals surface area contributed by atoms with E-state index in [2.05, 4.69) is 0 Å². The van der Waals surface area contributed by atoms with Crippen molar-refractivity contribution in [1.82, 2.24) is 9.80 Å². The molecule has 1 aromatic rings. The highest BCUT2D eigenvalue weighted by Gasteiger charge is 2.41. The van der Waals surface area contributed by atoms with E-state index < -0.39 is 26.6 Å². The van der Waals surface area contributed by atoms with Crippen LogP contribution in [0.15, 0.2) is 23.1 Å². The van der Waals surface area contributed by atoms with Crippen LogP contribution >= 0.6 is 11.6 Å². The number of nitrogens with zero attached hydrogens (tertiary/aromatic N) is 2. The number of Topliss-reactive ketones (excluding diaryl/α,β-unsaturated/α-hetero) is 1. The van der Waals surface area contributed by atoms with Crippen LogP contribution in [-0.2, 0) is 25.5 Å². The highest BCUT2D eigenvalue weighted by atomic mass is 35.5. The summed E-state index contributed by atoms with van der Waals surface area (Å²) in [5.74, 6) is -0.640. The number of hydrogen-bond donors (Lipinski definition) is 0. The number of hydrogen-bond acceptors (Lipinski definition) is 5. The predicted octanol–water partition coefficient (Wildman–Crippen LogP) is 2.86. The zero-order valence-corrected chi connectivity index (χ0v) is 18.5. The van der Waals surface area contributed by atoms with Crippen LogP contribution in [0.2, 0.25) is 5.02 Å². The van der Waals surface area contributed by atoms with Crippen molar-refractivity contribution < 1.29 is 35.9 Å². The first-order valence-corrected chi connectivity index (χ1v) is 12.2. The fourth-order valence-electron chi connectivity index (χ4n) is 4.51. The molecule has 3 fully saturated rings. The number of ketones is 1. The molecule has 3 aliphatic rings. The van der Waals surface area contributed by atoms with Gasteiger partial charge in [-0.25, -0.2) is 13.2 Å². The van der Waals surface area contributed by atoms with Crippen molar-refractivity contribution in [3.05, 3.63) is 28.8 Å². The third-order valence-electron chi connectivity index (χ3n) is 6.16. The van der Waals surface area contributed by atoms with Crippen molar-refractivity contribution in [3.63, 3.8) is 0 Å². The molecule has 3 aliphatic heterocycles. The van der Waals surface area contributed by atoms with Crippen LogP contribution in [-0.4, -0.2) is 74.7 Å². The van der Waals surface area contributed by atoms with Crippen LogP contribution in [0.3, 0.4) is 0 Å². The van der Waals surface area contributed by atoms with Gasteiger partial charge in [0, 0.05) is 44.4 Å². The lowest BCUT2D eigenvalue weighted by atomic mass is 9.88. The van der Waals surface area contributed by atoms with Gasteiger partial charge >= 0.3 is 12.2 Å². The number of alkyl halides is 3. The van der Waals surface area contributed by atoms with Crippen molar-refractivity contribution >= 4 is 33.3 Å². The number of fused-ring (bicyclic) bond motifs is 1. The Balaban J connectivity index is 1.33. The first-order chi connectivity index (χ1) is 14.9. The monoisotopic (exact) mass is 494 g/mol. The van der Waals surface area contributed by atoms with Gasteiger partial charge in [-0.15, -0.1) is 0 Å². The van der Waals surface area contributed by atoms with Gasteiger partial charge in [0.05, 0.1) is 27.3 Å². The Morgan fingerprint density at radius 1 is 1.19 bits per heavy atom. The summed E-state index contributed by atoms with van der Waals surface area (Å²) in [4.78, 5) is 27.2. The summed E-state index contributed by atoms with van der Waals surface area (Å²) in [5, 5.41) is -0.473. The number of benzene rings is 1. The topological polar surface area (TPSA) is 84.0 Å². The number of carbonyl (C=O) groups is 2. The average Bonchev–Trinajstić information content (AvgIpc) is 2.68. The van der Waals surface area contributed by atoms with Gasteiger partial charge in [-0.1, -0.05) is 11.6 Å². The predicted molar refractivity (Wildman–Crippen MR) is 108 cm³/mol. The van der Waals surface area contributed by atoms with Gasteiger partial charge in [0.1, 0.15) is 6.61 Å². The molecular weight excluding hydrogens is 473 g/mol. The van der Waals surface area contributed by atoms with Crippen molar-refractivity contribution in [2.75, 3.05) is 38.5 Å². The van der Waals surface area contributed by atoms with Crippen molar-refractivity contribution in [3.8, 4) is 0 Å². The Labute approximate surface area is 188 Å². The van der Waals surface area contributed by atoms with E-state index in [0.717, 1.165) is 6.07 Å². The second-order valence-corrected chi connectivity index (χ2v) is 11.0. The number of likely N-dealkylation sites (tertiary alicyclic amines) is 2. The normalized spacial score (nSPS) is 24.8. The molecule has 32 heavy (non-hydrogen) atoms. The van der Waals surface area contributed by atoms with Crippen LogP contribution in [0.5, 0.6) is 0 Å². The fourth-order valence-corrected chi connectivity index (χ4v) is 6.69. The Kier molecular flexibility index (Phi) is 6.19. The molecule has 12 heteroatoms. The maximum atomic E-state index is 12.8. The molecule has 0 radical (unpaired) electrons. The maximum Gasteiger partial charge on any atom is 0.416 e. The Bertz CT molecular complexity index is 1030. The van der Waals surface area contributed by atoms with E-state index in [1.165, 1.54) is 0 Å². The molecule has 0 aromatic heterocycles. The zero-order chi connectivity index (χ0) is 23.3. The van der Waals surface area contributed by atoms with Crippen LogP contribution in [0.1, 0.15) is 18.4 Å². The molecule has 0 bridgehead atoms. The molecule has 0 aliphatic carbocycles. The summed E-state index contributed by atoms with van der Waals surface area (Å²) in [6, 6.07) is 1.97. The third kappa shape index (κ3) is 4.74. The fraction of sp³-hybridized carbons (Fsp3) is 0.600. The van der Waals surface area contributed by atoms with E-state index in [1.807, 2.05) is 0 Å². The van der Waals surface area contributed by atoms with Gasteiger partial charge in [-0.3, -0.25) is 4.79 Å². The van der Waals surface area contributed by atoms with Gasteiger partial charge in [-0.05, 0) is 24.6 Å². The first kappa shape index (κ1) is 23.3. The molecule has 2 atom stereocenters. The van der Waals surface area contributed by atoms with Gasteiger partial charge in [0.2, 0.25) is 0 Å². The summed E-state index contributed by atoms with van der Waals surface area (Å²) in [7, 11) is -3.91. The molecule has 0 saturated carbocycles. The van der Waals surface area contributed by atoms with Crippen LogP contribution in [0.25, 0.3) is 0 Å². The SMILES string of the molecule is O=C1CO[C@H]2CCN(C(=O)N3CC(CS(=O)(=O)c4ccc(C(F)(F)F)cc4Cl)C3)C[C@H]2C1. The number of halogens is 4. The quantitative estimate of drug-likeness (QED) is 0.645.